The van der Waals surface area contributed by atoms with Gasteiger partial charge in [-0.25, -0.2) is 0 Å². The second-order valence-corrected chi connectivity index (χ2v) is 9.46. The zero-order valence-corrected chi connectivity index (χ0v) is 22.8. The van der Waals surface area contributed by atoms with Gasteiger partial charge in [-0.2, -0.15) is 0 Å². The first-order chi connectivity index (χ1) is 17.7. The third kappa shape index (κ3) is 7.27. The van der Waals surface area contributed by atoms with Crippen molar-refractivity contribution in [3.05, 3.63) is 102 Å². The minimum Gasteiger partial charge on any atom is -0.497 e. The van der Waals surface area contributed by atoms with Crippen LogP contribution in [0.15, 0.2) is 84.9 Å². The van der Waals surface area contributed by atoms with E-state index in [0.29, 0.717) is 19.8 Å². The van der Waals surface area contributed by atoms with E-state index in [-0.39, 0.29) is 12.2 Å². The third-order valence-corrected chi connectivity index (χ3v) is 7.02. The van der Waals surface area contributed by atoms with Gasteiger partial charge in [0.1, 0.15) is 24.1 Å². The number of hydrogen-bond donors (Lipinski definition) is 0. The quantitative estimate of drug-likeness (QED) is 0.200. The van der Waals surface area contributed by atoms with E-state index in [1.54, 1.807) is 14.2 Å². The van der Waals surface area contributed by atoms with Crippen molar-refractivity contribution in [2.75, 3.05) is 18.6 Å². The van der Waals surface area contributed by atoms with Crippen LogP contribution in [-0.2, 0) is 43.5 Å². The first-order valence-electron chi connectivity index (χ1n) is 12.0. The number of benzene rings is 3. The molecule has 0 N–H and O–H groups in total. The van der Waals surface area contributed by atoms with Crippen LogP contribution in [0.4, 0.5) is 0 Å². The van der Waals surface area contributed by atoms with Crippen LogP contribution in [-0.4, -0.2) is 49.4 Å². The molecule has 3 unspecified atom stereocenters. The number of rotatable bonds is 12. The number of ether oxygens (including phenoxy) is 6. The Morgan fingerprint density at radius 3 is 1.64 bits per heavy atom. The van der Waals surface area contributed by atoms with E-state index in [9.17, 15) is 0 Å². The van der Waals surface area contributed by atoms with Crippen LogP contribution in [0.5, 0.6) is 5.75 Å². The summed E-state index contributed by atoms with van der Waals surface area (Å²) in [7, 11) is 3.29. The Morgan fingerprint density at radius 2 is 1.14 bits per heavy atom. The van der Waals surface area contributed by atoms with Crippen LogP contribution in [0, 0.1) is 0 Å². The van der Waals surface area contributed by atoms with Gasteiger partial charge < -0.3 is 28.4 Å². The maximum atomic E-state index is 6.54. The van der Waals surface area contributed by atoms with Gasteiger partial charge in [0.15, 0.2) is 6.29 Å². The molecule has 1 aliphatic heterocycles. The predicted molar refractivity (Wildman–Crippen MR) is 146 cm³/mol. The molecule has 5 atom stereocenters. The fourth-order valence-electron chi connectivity index (χ4n) is 4.21. The van der Waals surface area contributed by atoms with E-state index in [1.807, 2.05) is 60.7 Å². The Balaban J connectivity index is 1.55. The van der Waals surface area contributed by atoms with E-state index >= 15 is 0 Å². The van der Waals surface area contributed by atoms with E-state index in [1.165, 1.54) is 0 Å². The van der Waals surface area contributed by atoms with Gasteiger partial charge in [-0.15, -0.1) is 0 Å². The lowest BCUT2D eigenvalue weighted by Crippen LogP contribution is -2.61. The van der Waals surface area contributed by atoms with Crippen LogP contribution in [0.1, 0.15) is 16.7 Å². The molecule has 1 aliphatic rings. The van der Waals surface area contributed by atoms with Gasteiger partial charge in [0.2, 0.25) is 0 Å². The highest BCUT2D eigenvalue weighted by Gasteiger charge is 2.48. The molecule has 0 amide bonds. The van der Waals surface area contributed by atoms with Crippen molar-refractivity contribution in [2.45, 2.75) is 50.5 Å². The summed E-state index contributed by atoms with van der Waals surface area (Å²) in [5, 5.41) is 0. The van der Waals surface area contributed by atoms with E-state index in [2.05, 4.69) is 46.9 Å². The SMILES string of the molecule is COc1ccc(COC2C(OCc3ccccc3)[C@H](OCc3ccccc3)C(CI)O[C@@H]2OC)cc1. The maximum absolute atomic E-state index is 6.54. The molecule has 1 heterocycles. The highest BCUT2D eigenvalue weighted by Crippen LogP contribution is 2.31. The lowest BCUT2D eigenvalue weighted by atomic mass is 9.98. The zero-order valence-electron chi connectivity index (χ0n) is 20.6. The minimum atomic E-state index is -0.583. The number of methoxy groups -OCH3 is 2. The van der Waals surface area contributed by atoms with Gasteiger partial charge in [0.05, 0.1) is 33.0 Å². The van der Waals surface area contributed by atoms with Crippen molar-refractivity contribution in [1.29, 1.82) is 0 Å². The first-order valence-corrected chi connectivity index (χ1v) is 13.5. The van der Waals surface area contributed by atoms with Crippen molar-refractivity contribution in [1.82, 2.24) is 0 Å². The molecule has 0 aliphatic carbocycles. The molecule has 4 rings (SSSR count). The third-order valence-electron chi connectivity index (χ3n) is 6.15. The Labute approximate surface area is 226 Å². The van der Waals surface area contributed by atoms with E-state index < -0.39 is 18.5 Å². The van der Waals surface area contributed by atoms with Crippen LogP contribution in [0.25, 0.3) is 0 Å². The van der Waals surface area contributed by atoms with Crippen molar-refractivity contribution in [2.24, 2.45) is 0 Å². The van der Waals surface area contributed by atoms with E-state index in [4.69, 9.17) is 28.4 Å². The number of hydrogen-bond acceptors (Lipinski definition) is 6. The highest BCUT2D eigenvalue weighted by molar-refractivity contribution is 14.1. The summed E-state index contributed by atoms with van der Waals surface area (Å²) in [6.07, 6.45) is -2.01. The molecule has 0 bridgehead atoms. The highest BCUT2D eigenvalue weighted by atomic mass is 127. The second-order valence-electron chi connectivity index (χ2n) is 8.58. The molecule has 7 heteroatoms. The summed E-state index contributed by atoms with van der Waals surface area (Å²) >= 11 is 2.33. The normalized spacial score (nSPS) is 23.9. The largest absolute Gasteiger partial charge is 0.497 e. The minimum absolute atomic E-state index is 0.208. The summed E-state index contributed by atoms with van der Waals surface area (Å²) in [4.78, 5) is 0. The average Bonchev–Trinajstić information content (AvgIpc) is 2.95. The standard InChI is InChI=1S/C29H33IO6/c1-31-24-15-13-23(14-16-24)20-35-28-27(34-19-22-11-7-4-8-12-22)26(25(17-30)36-29(28)32-2)33-18-21-9-5-3-6-10-21/h3-16,25-29H,17-20H2,1-2H3/t25?,26-,27?,28?,29+/m1/s1. The van der Waals surface area contributed by atoms with Gasteiger partial charge in [0.25, 0.3) is 0 Å². The van der Waals surface area contributed by atoms with Crippen molar-refractivity contribution in [3.63, 3.8) is 0 Å². The predicted octanol–water partition coefficient (Wildman–Crippen LogP) is 5.56. The van der Waals surface area contributed by atoms with Gasteiger partial charge in [-0.1, -0.05) is 95.4 Å². The molecule has 0 radical (unpaired) electrons. The molecule has 1 fully saturated rings. The molecular weight excluding hydrogens is 571 g/mol. The molecule has 3 aromatic carbocycles. The monoisotopic (exact) mass is 604 g/mol. The van der Waals surface area contributed by atoms with Gasteiger partial charge in [-0.3, -0.25) is 0 Å². The summed E-state index contributed by atoms with van der Waals surface area (Å²) in [5.41, 5.74) is 3.20. The van der Waals surface area contributed by atoms with Crippen molar-refractivity contribution >= 4 is 22.6 Å². The second kappa shape index (κ2) is 14.1. The van der Waals surface area contributed by atoms with Crippen LogP contribution < -0.4 is 4.74 Å². The molecule has 1 saturated heterocycles. The van der Waals surface area contributed by atoms with Crippen LogP contribution in [0.3, 0.4) is 0 Å². The van der Waals surface area contributed by atoms with Gasteiger partial charge >= 0.3 is 0 Å². The van der Waals surface area contributed by atoms with Crippen molar-refractivity contribution < 1.29 is 28.4 Å². The molecule has 192 valence electrons. The Hall–Kier alpha value is -2.01. The Bertz CT molecular complexity index is 1020. The lowest BCUT2D eigenvalue weighted by molar-refractivity contribution is -0.313. The molecule has 0 aromatic heterocycles. The topological polar surface area (TPSA) is 55.4 Å². The zero-order chi connectivity index (χ0) is 25.2. The maximum Gasteiger partial charge on any atom is 0.186 e. The summed E-state index contributed by atoms with van der Waals surface area (Å²) in [5.74, 6) is 0.804. The lowest BCUT2D eigenvalue weighted by Gasteiger charge is -2.45. The summed E-state index contributed by atoms with van der Waals surface area (Å²) < 4.78 is 37.5. The number of alkyl halides is 1. The Kier molecular flexibility index (Phi) is 10.6. The molecule has 3 aromatic rings. The van der Waals surface area contributed by atoms with Crippen LogP contribution in [0.2, 0.25) is 0 Å². The van der Waals surface area contributed by atoms with Crippen molar-refractivity contribution in [3.8, 4) is 5.75 Å². The van der Waals surface area contributed by atoms with Gasteiger partial charge in [0, 0.05) is 11.5 Å². The fourth-order valence-corrected chi connectivity index (χ4v) is 4.92. The molecule has 0 saturated carbocycles. The van der Waals surface area contributed by atoms with Crippen LogP contribution >= 0.6 is 22.6 Å². The fraction of sp³-hybridized carbons (Fsp3) is 0.379. The number of halogens is 1. The molecular formula is C29H33IO6. The molecule has 6 nitrogen and oxygen atoms in total. The molecule has 36 heavy (non-hydrogen) atoms. The van der Waals surface area contributed by atoms with Gasteiger partial charge in [-0.05, 0) is 28.8 Å². The first kappa shape index (κ1) is 27.0. The Morgan fingerprint density at radius 1 is 0.639 bits per heavy atom. The smallest absolute Gasteiger partial charge is 0.186 e. The summed E-state index contributed by atoms with van der Waals surface area (Å²) in [6, 6.07) is 28.1. The van der Waals surface area contributed by atoms with E-state index in [0.717, 1.165) is 26.9 Å². The average molecular weight is 604 g/mol. The molecule has 0 spiro atoms. The summed E-state index contributed by atoms with van der Waals surface area (Å²) in [6.45, 7) is 1.27.